The molecule has 0 bridgehead atoms. The highest BCUT2D eigenvalue weighted by Gasteiger charge is 2.25. The van der Waals surface area contributed by atoms with Gasteiger partial charge in [-0.2, -0.15) is 5.10 Å². The summed E-state index contributed by atoms with van der Waals surface area (Å²) in [7, 11) is 0. The van der Waals surface area contributed by atoms with Crippen LogP contribution >= 0.6 is 0 Å². The van der Waals surface area contributed by atoms with Crippen LogP contribution in [-0.4, -0.2) is 21.6 Å². The van der Waals surface area contributed by atoms with Gasteiger partial charge in [0.15, 0.2) is 0 Å². The van der Waals surface area contributed by atoms with Crippen LogP contribution in [0.1, 0.15) is 36.7 Å². The van der Waals surface area contributed by atoms with E-state index in [0.717, 1.165) is 16.7 Å². The van der Waals surface area contributed by atoms with Crippen LogP contribution in [0.25, 0.3) is 22.4 Å². The van der Waals surface area contributed by atoms with E-state index in [1.165, 1.54) is 11.6 Å². The van der Waals surface area contributed by atoms with Gasteiger partial charge in [0.1, 0.15) is 5.56 Å². The molecule has 0 fully saturated rings. The fourth-order valence-electron chi connectivity index (χ4n) is 4.15. The largest absolute Gasteiger partial charge is 0.326 e. The van der Waals surface area contributed by atoms with Crippen molar-refractivity contribution in [1.29, 1.82) is 0 Å². The Morgan fingerprint density at radius 2 is 1.50 bits per heavy atom. The molecule has 3 aromatic carbocycles. The summed E-state index contributed by atoms with van der Waals surface area (Å²) < 4.78 is 1.32. The molecule has 0 saturated carbocycles. The lowest BCUT2D eigenvalue weighted by molar-refractivity contribution is -0.114. The zero-order valence-electron chi connectivity index (χ0n) is 20.5. The van der Waals surface area contributed by atoms with Gasteiger partial charge in [-0.25, -0.2) is 4.68 Å². The third-order valence-electron chi connectivity index (χ3n) is 5.85. The number of hydrogen-bond acceptors (Lipinski definition) is 4. The van der Waals surface area contributed by atoms with Gasteiger partial charge >= 0.3 is 0 Å². The summed E-state index contributed by atoms with van der Waals surface area (Å²) in [6.07, 6.45) is 0.659. The van der Waals surface area contributed by atoms with Crippen LogP contribution in [0, 0.1) is 0 Å². The van der Waals surface area contributed by atoms with E-state index in [1.807, 2.05) is 80.6 Å². The Bertz CT molecular complexity index is 1460. The van der Waals surface area contributed by atoms with Crippen molar-refractivity contribution in [3.8, 4) is 22.4 Å². The van der Waals surface area contributed by atoms with Crippen LogP contribution in [0.3, 0.4) is 0 Å². The molecule has 4 rings (SSSR count). The second kappa shape index (κ2) is 10.8. The van der Waals surface area contributed by atoms with Crippen LogP contribution < -0.4 is 16.2 Å². The summed E-state index contributed by atoms with van der Waals surface area (Å²) >= 11 is 0. The molecule has 0 spiro atoms. The molecule has 0 aliphatic carbocycles. The molecule has 4 aromatic rings. The van der Waals surface area contributed by atoms with E-state index in [2.05, 4.69) is 15.7 Å². The van der Waals surface area contributed by atoms with Crippen molar-refractivity contribution < 1.29 is 9.59 Å². The maximum absolute atomic E-state index is 13.8. The first-order chi connectivity index (χ1) is 17.4. The Kier molecular flexibility index (Phi) is 7.39. The minimum atomic E-state index is -0.532. The van der Waals surface area contributed by atoms with Crippen molar-refractivity contribution in [2.45, 2.75) is 33.7 Å². The molecule has 2 N–H and O–H groups in total. The summed E-state index contributed by atoms with van der Waals surface area (Å²) in [4.78, 5) is 39.0. The summed E-state index contributed by atoms with van der Waals surface area (Å²) in [5.74, 6) is -0.745. The summed E-state index contributed by atoms with van der Waals surface area (Å²) in [5.41, 5.74) is 4.07. The number of hydrogen-bond donors (Lipinski definition) is 2. The number of carbonyl (C=O) groups is 2. The smallest absolute Gasteiger partial charge is 0.280 e. The summed E-state index contributed by atoms with van der Waals surface area (Å²) in [6, 6.07) is 24.2. The quantitative estimate of drug-likeness (QED) is 0.372. The molecule has 0 aliphatic heterocycles. The second-order valence-electron chi connectivity index (χ2n) is 8.31. The van der Waals surface area contributed by atoms with Crippen LogP contribution in [0.5, 0.6) is 0 Å². The molecule has 0 saturated heterocycles. The maximum atomic E-state index is 13.8. The average Bonchev–Trinajstić information content (AvgIpc) is 2.89. The first-order valence-electron chi connectivity index (χ1n) is 11.9. The number of nitrogens with zero attached hydrogens (tertiary/aromatic N) is 2. The van der Waals surface area contributed by atoms with Gasteiger partial charge in [0, 0.05) is 36.0 Å². The standard InChI is InChI=1S/C29H28N4O3/c1-4-20-16-17-23(30-19(3)34)18-24(20)31-28(35)26-25(21-12-8-6-9-13-21)27(22-14-10-7-11-15-22)32-33(5-2)29(26)36/h6-18H,4-5H2,1-3H3,(H,30,34)(H,31,35). The number of aromatic nitrogens is 2. The molecule has 0 aliphatic rings. The van der Waals surface area contributed by atoms with Crippen molar-refractivity contribution in [1.82, 2.24) is 9.78 Å². The van der Waals surface area contributed by atoms with Crippen molar-refractivity contribution >= 4 is 23.2 Å². The predicted octanol–water partition coefficient (Wildman–Crippen LogP) is 5.37. The SMILES string of the molecule is CCc1ccc(NC(C)=O)cc1NC(=O)c1c(-c2ccccc2)c(-c2ccccc2)nn(CC)c1=O. The molecule has 0 unspecified atom stereocenters. The molecule has 7 heteroatoms. The molecular weight excluding hydrogens is 452 g/mol. The molecule has 1 heterocycles. The van der Waals surface area contributed by atoms with E-state index in [9.17, 15) is 14.4 Å². The Morgan fingerprint density at radius 1 is 0.861 bits per heavy atom. The third-order valence-corrected chi connectivity index (χ3v) is 5.85. The van der Waals surface area contributed by atoms with E-state index in [4.69, 9.17) is 0 Å². The lowest BCUT2D eigenvalue weighted by Crippen LogP contribution is -2.32. The molecule has 182 valence electrons. The maximum Gasteiger partial charge on any atom is 0.280 e. The molecule has 0 atom stereocenters. The molecule has 0 radical (unpaired) electrons. The first kappa shape index (κ1) is 24.6. The Hall–Kier alpha value is -4.52. The van der Waals surface area contributed by atoms with Crippen molar-refractivity contribution in [3.63, 3.8) is 0 Å². The molecule has 36 heavy (non-hydrogen) atoms. The monoisotopic (exact) mass is 480 g/mol. The number of aryl methyl sites for hydroxylation is 2. The normalized spacial score (nSPS) is 10.6. The predicted molar refractivity (Wildman–Crippen MR) is 143 cm³/mol. The molecule has 1 aromatic heterocycles. The van der Waals surface area contributed by atoms with E-state index < -0.39 is 11.5 Å². The van der Waals surface area contributed by atoms with Crippen LogP contribution in [0.15, 0.2) is 83.7 Å². The fraction of sp³-hybridized carbons (Fsp3) is 0.172. The van der Waals surface area contributed by atoms with Gasteiger partial charge < -0.3 is 10.6 Å². The number of anilines is 2. The minimum absolute atomic E-state index is 0.0175. The number of benzene rings is 3. The molecule has 2 amide bonds. The van der Waals surface area contributed by atoms with Gasteiger partial charge in [-0.3, -0.25) is 14.4 Å². The Labute approximate surface area is 209 Å². The van der Waals surface area contributed by atoms with Crippen molar-refractivity contribution in [2.24, 2.45) is 0 Å². The third kappa shape index (κ3) is 5.10. The van der Waals surface area contributed by atoms with Gasteiger partial charge in [-0.1, -0.05) is 73.7 Å². The fourth-order valence-corrected chi connectivity index (χ4v) is 4.15. The second-order valence-corrected chi connectivity index (χ2v) is 8.31. The van der Waals surface area contributed by atoms with Crippen LogP contribution in [0.2, 0.25) is 0 Å². The summed E-state index contributed by atoms with van der Waals surface area (Å²) in [6.45, 7) is 5.53. The lowest BCUT2D eigenvalue weighted by atomic mass is 9.95. The van der Waals surface area contributed by atoms with E-state index in [-0.39, 0.29) is 11.5 Å². The van der Waals surface area contributed by atoms with Gasteiger partial charge in [0.25, 0.3) is 11.5 Å². The highest BCUT2D eigenvalue weighted by atomic mass is 16.2. The topological polar surface area (TPSA) is 93.1 Å². The minimum Gasteiger partial charge on any atom is -0.326 e. The summed E-state index contributed by atoms with van der Waals surface area (Å²) in [5, 5.41) is 10.3. The van der Waals surface area contributed by atoms with Gasteiger partial charge in [-0.05, 0) is 36.6 Å². The zero-order valence-corrected chi connectivity index (χ0v) is 20.5. The average molecular weight is 481 g/mol. The van der Waals surface area contributed by atoms with Crippen molar-refractivity contribution in [3.05, 3.63) is 100 Å². The Balaban J connectivity index is 1.93. The number of amides is 2. The molecular formula is C29H28N4O3. The highest BCUT2D eigenvalue weighted by Crippen LogP contribution is 2.33. The van der Waals surface area contributed by atoms with Gasteiger partial charge in [-0.15, -0.1) is 0 Å². The number of carbonyl (C=O) groups excluding carboxylic acids is 2. The van der Waals surface area contributed by atoms with E-state index in [1.54, 1.807) is 12.1 Å². The molecule has 7 nitrogen and oxygen atoms in total. The number of rotatable bonds is 7. The van der Waals surface area contributed by atoms with Crippen molar-refractivity contribution in [2.75, 3.05) is 10.6 Å². The van der Waals surface area contributed by atoms with Gasteiger partial charge in [0.05, 0.1) is 5.69 Å². The zero-order chi connectivity index (χ0) is 25.7. The van der Waals surface area contributed by atoms with Gasteiger partial charge in [0.2, 0.25) is 5.91 Å². The Morgan fingerprint density at radius 3 is 2.08 bits per heavy atom. The number of nitrogens with one attached hydrogen (secondary N) is 2. The van der Waals surface area contributed by atoms with E-state index >= 15 is 0 Å². The first-order valence-corrected chi connectivity index (χ1v) is 11.9. The lowest BCUT2D eigenvalue weighted by Gasteiger charge is -2.18. The van der Waals surface area contributed by atoms with Crippen LogP contribution in [0.4, 0.5) is 11.4 Å². The highest BCUT2D eigenvalue weighted by molar-refractivity contribution is 6.11. The van der Waals surface area contributed by atoms with E-state index in [0.29, 0.717) is 35.6 Å². The van der Waals surface area contributed by atoms with Crippen LogP contribution in [-0.2, 0) is 17.8 Å².